The van der Waals surface area contributed by atoms with Gasteiger partial charge in [-0.3, -0.25) is 14.5 Å². The minimum atomic E-state index is -2.36. The van der Waals surface area contributed by atoms with Crippen molar-refractivity contribution in [3.63, 3.8) is 0 Å². The molecule has 5 heteroatoms. The van der Waals surface area contributed by atoms with Crippen LogP contribution in [-0.2, 0) is 20.0 Å². The normalized spacial score (nSPS) is 19.9. The lowest BCUT2D eigenvalue weighted by atomic mass is 9.98. The van der Waals surface area contributed by atoms with Crippen LogP contribution in [0.15, 0.2) is 54.6 Å². The van der Waals surface area contributed by atoms with Gasteiger partial charge >= 0.3 is 5.97 Å². The van der Waals surface area contributed by atoms with E-state index in [0.717, 1.165) is 0 Å². The summed E-state index contributed by atoms with van der Waals surface area (Å²) in [6, 6.07) is 15.4. The van der Waals surface area contributed by atoms with Crippen LogP contribution in [-0.4, -0.2) is 18.5 Å². The van der Waals surface area contributed by atoms with Crippen molar-refractivity contribution in [2.75, 3.05) is 11.5 Å². The van der Waals surface area contributed by atoms with E-state index in [4.69, 9.17) is 4.74 Å². The molecular formula is C17H14FNO3. The number of carbonyl (C=O) groups excluding carboxylic acids is 2. The minimum Gasteiger partial charge on any atom is -0.461 e. The van der Waals surface area contributed by atoms with E-state index in [1.165, 1.54) is 11.8 Å². The lowest BCUT2D eigenvalue weighted by Gasteiger charge is -2.20. The molecule has 0 saturated heterocycles. The molecule has 1 aliphatic heterocycles. The number of rotatable bonds is 3. The molecule has 0 aliphatic carbocycles. The van der Waals surface area contributed by atoms with Crippen LogP contribution in [0.1, 0.15) is 12.5 Å². The Labute approximate surface area is 127 Å². The highest BCUT2D eigenvalue weighted by Crippen LogP contribution is 2.46. The smallest absolute Gasteiger partial charge is 0.302 e. The van der Waals surface area contributed by atoms with Crippen LogP contribution in [0.25, 0.3) is 0 Å². The fourth-order valence-electron chi connectivity index (χ4n) is 2.58. The predicted octanol–water partition coefficient (Wildman–Crippen LogP) is 3.09. The van der Waals surface area contributed by atoms with Gasteiger partial charge in [0.2, 0.25) is 5.67 Å². The summed E-state index contributed by atoms with van der Waals surface area (Å²) >= 11 is 0. The molecule has 0 bridgehead atoms. The van der Waals surface area contributed by atoms with Gasteiger partial charge < -0.3 is 4.74 Å². The Balaban J connectivity index is 2.09. The summed E-state index contributed by atoms with van der Waals surface area (Å²) in [5, 5.41) is 0. The monoisotopic (exact) mass is 299 g/mol. The second-order valence-corrected chi connectivity index (χ2v) is 5.07. The molecular weight excluding hydrogens is 285 g/mol. The van der Waals surface area contributed by atoms with E-state index in [1.54, 1.807) is 48.5 Å². The minimum absolute atomic E-state index is 0.213. The second kappa shape index (κ2) is 5.26. The SMILES string of the molecule is CC(=O)OCC1(F)C(=O)N(c2ccccc2)c2ccccc21. The van der Waals surface area contributed by atoms with Crippen LogP contribution in [0.2, 0.25) is 0 Å². The molecule has 22 heavy (non-hydrogen) atoms. The summed E-state index contributed by atoms with van der Waals surface area (Å²) in [4.78, 5) is 25.0. The molecule has 1 unspecified atom stereocenters. The maximum atomic E-state index is 15.3. The summed E-state index contributed by atoms with van der Waals surface area (Å²) in [5.74, 6) is -1.37. The first-order valence-electron chi connectivity index (χ1n) is 6.85. The van der Waals surface area contributed by atoms with E-state index in [1.807, 2.05) is 6.07 Å². The number of amides is 1. The summed E-state index contributed by atoms with van der Waals surface area (Å²) in [6.07, 6.45) is 0. The number of para-hydroxylation sites is 2. The van der Waals surface area contributed by atoms with Gasteiger partial charge in [0.05, 0.1) is 5.69 Å². The topological polar surface area (TPSA) is 46.6 Å². The molecule has 4 nitrogen and oxygen atoms in total. The van der Waals surface area contributed by atoms with E-state index < -0.39 is 24.2 Å². The predicted molar refractivity (Wildman–Crippen MR) is 79.4 cm³/mol. The van der Waals surface area contributed by atoms with Gasteiger partial charge in [-0.1, -0.05) is 36.4 Å². The van der Waals surface area contributed by atoms with Crippen molar-refractivity contribution in [2.45, 2.75) is 12.6 Å². The van der Waals surface area contributed by atoms with Gasteiger partial charge in [-0.2, -0.15) is 0 Å². The fraction of sp³-hybridized carbons (Fsp3) is 0.176. The third-order valence-electron chi connectivity index (χ3n) is 3.60. The van der Waals surface area contributed by atoms with Crippen molar-refractivity contribution >= 4 is 23.3 Å². The van der Waals surface area contributed by atoms with Crippen molar-refractivity contribution in [3.8, 4) is 0 Å². The number of nitrogens with zero attached hydrogens (tertiary/aromatic N) is 1. The Morgan fingerprint density at radius 2 is 1.77 bits per heavy atom. The highest BCUT2D eigenvalue weighted by Gasteiger charge is 2.53. The number of ether oxygens (including phenoxy) is 1. The third kappa shape index (κ3) is 2.15. The number of hydrogen-bond acceptors (Lipinski definition) is 3. The van der Waals surface area contributed by atoms with E-state index in [0.29, 0.717) is 11.4 Å². The molecule has 0 fully saturated rings. The molecule has 1 amide bonds. The number of carbonyl (C=O) groups is 2. The van der Waals surface area contributed by atoms with Gasteiger partial charge in [-0.15, -0.1) is 0 Å². The zero-order chi connectivity index (χ0) is 15.7. The number of benzene rings is 2. The number of alkyl halides is 1. The van der Waals surface area contributed by atoms with Gasteiger partial charge in [0.15, 0.2) is 0 Å². The maximum absolute atomic E-state index is 15.3. The van der Waals surface area contributed by atoms with Gasteiger partial charge in [0.1, 0.15) is 6.61 Å². The zero-order valence-corrected chi connectivity index (χ0v) is 12.0. The van der Waals surface area contributed by atoms with Crippen LogP contribution in [0, 0.1) is 0 Å². The first-order valence-corrected chi connectivity index (χ1v) is 6.85. The van der Waals surface area contributed by atoms with Gasteiger partial charge in [-0.05, 0) is 18.2 Å². The number of halogens is 1. The van der Waals surface area contributed by atoms with E-state index in [2.05, 4.69) is 0 Å². The van der Waals surface area contributed by atoms with Crippen LogP contribution < -0.4 is 4.90 Å². The van der Waals surface area contributed by atoms with Crippen molar-refractivity contribution < 1.29 is 18.7 Å². The van der Waals surface area contributed by atoms with Crippen LogP contribution in [0.5, 0.6) is 0 Å². The molecule has 0 radical (unpaired) electrons. The van der Waals surface area contributed by atoms with Crippen LogP contribution in [0.3, 0.4) is 0 Å². The van der Waals surface area contributed by atoms with E-state index in [-0.39, 0.29) is 5.56 Å². The van der Waals surface area contributed by atoms with Gasteiger partial charge in [0.25, 0.3) is 5.91 Å². The summed E-state index contributed by atoms with van der Waals surface area (Å²) in [6.45, 7) is 0.561. The zero-order valence-electron chi connectivity index (χ0n) is 12.0. The molecule has 0 spiro atoms. The Kier molecular flexibility index (Phi) is 3.41. The first kappa shape index (κ1) is 14.3. The van der Waals surface area contributed by atoms with Crippen molar-refractivity contribution in [1.29, 1.82) is 0 Å². The lowest BCUT2D eigenvalue weighted by Crippen LogP contribution is -2.38. The molecule has 1 atom stereocenters. The molecule has 3 rings (SSSR count). The molecule has 0 aromatic heterocycles. The van der Waals surface area contributed by atoms with Gasteiger partial charge in [0, 0.05) is 18.2 Å². The number of hydrogen-bond donors (Lipinski definition) is 0. The summed E-state index contributed by atoms with van der Waals surface area (Å²) in [5.41, 5.74) is -1.11. The molecule has 112 valence electrons. The number of anilines is 2. The number of fused-ring (bicyclic) bond motifs is 1. The highest BCUT2D eigenvalue weighted by atomic mass is 19.1. The summed E-state index contributed by atoms with van der Waals surface area (Å²) < 4.78 is 20.1. The average Bonchev–Trinajstić information content (AvgIpc) is 2.75. The molecule has 0 saturated carbocycles. The maximum Gasteiger partial charge on any atom is 0.302 e. The van der Waals surface area contributed by atoms with Crippen molar-refractivity contribution in [1.82, 2.24) is 0 Å². The molecule has 1 aliphatic rings. The fourth-order valence-corrected chi connectivity index (χ4v) is 2.58. The average molecular weight is 299 g/mol. The highest BCUT2D eigenvalue weighted by molar-refractivity contribution is 6.12. The molecule has 1 heterocycles. The van der Waals surface area contributed by atoms with Gasteiger partial charge in [-0.25, -0.2) is 4.39 Å². The largest absolute Gasteiger partial charge is 0.461 e. The third-order valence-corrected chi connectivity index (χ3v) is 3.60. The Bertz CT molecular complexity index is 732. The number of esters is 1. The van der Waals surface area contributed by atoms with E-state index in [9.17, 15) is 9.59 Å². The van der Waals surface area contributed by atoms with E-state index >= 15 is 4.39 Å². The Morgan fingerprint density at radius 3 is 2.45 bits per heavy atom. The second-order valence-electron chi connectivity index (χ2n) is 5.07. The molecule has 2 aromatic rings. The molecule has 2 aromatic carbocycles. The standard InChI is InChI=1S/C17H14FNO3/c1-12(20)22-11-17(18)14-9-5-6-10-15(14)19(16(17)21)13-7-3-2-4-8-13/h2-10H,11H2,1H3. The summed E-state index contributed by atoms with van der Waals surface area (Å²) in [7, 11) is 0. The van der Waals surface area contributed by atoms with Crippen LogP contribution in [0.4, 0.5) is 15.8 Å². The van der Waals surface area contributed by atoms with Crippen LogP contribution >= 0.6 is 0 Å². The quantitative estimate of drug-likeness (QED) is 0.818. The van der Waals surface area contributed by atoms with Crippen molar-refractivity contribution in [2.24, 2.45) is 0 Å². The Hall–Kier alpha value is -2.69. The lowest BCUT2D eigenvalue weighted by molar-refractivity contribution is -0.149. The molecule has 0 N–H and O–H groups in total. The Morgan fingerprint density at radius 1 is 1.14 bits per heavy atom. The van der Waals surface area contributed by atoms with Crippen molar-refractivity contribution in [3.05, 3.63) is 60.2 Å². The first-order chi connectivity index (χ1) is 10.5.